The largest absolute Gasteiger partial charge is 0.392 e. The number of rotatable bonds is 3. The first-order valence-corrected chi connectivity index (χ1v) is 5.67. The van der Waals surface area contributed by atoms with Crippen LogP contribution in [0.5, 0.6) is 0 Å². The maximum Gasteiger partial charge on any atom is 0.0618 e. The van der Waals surface area contributed by atoms with Gasteiger partial charge in [-0.25, -0.2) is 0 Å². The molecule has 0 bridgehead atoms. The smallest absolute Gasteiger partial charge is 0.0618 e. The normalized spacial score (nSPS) is 17.1. The molecule has 0 saturated heterocycles. The highest BCUT2D eigenvalue weighted by Gasteiger charge is 2.26. The number of hydrogen-bond acceptors (Lipinski definition) is 1. The molecule has 0 heterocycles. The van der Waals surface area contributed by atoms with E-state index in [1.54, 1.807) is 0 Å². The summed E-state index contributed by atoms with van der Waals surface area (Å²) in [5.41, 5.74) is 2.53. The van der Waals surface area contributed by atoms with Gasteiger partial charge in [-0.05, 0) is 42.0 Å². The van der Waals surface area contributed by atoms with Gasteiger partial charge in [0.25, 0.3) is 0 Å². The number of allylic oxidation sites excluding steroid dienone is 1. The predicted octanol–water partition coefficient (Wildman–Crippen LogP) is 3.23. The van der Waals surface area contributed by atoms with Crippen molar-refractivity contribution in [3.8, 4) is 0 Å². The summed E-state index contributed by atoms with van der Waals surface area (Å²) < 4.78 is 1.10. The molecule has 1 nitrogen and oxygen atoms in total. The number of aliphatic hydroxyl groups excluding tert-OH is 1. The second-order valence-electron chi connectivity index (χ2n) is 3.63. The maximum atomic E-state index is 8.96. The third-order valence-electron chi connectivity index (χ3n) is 2.49. The van der Waals surface area contributed by atoms with Crippen LogP contribution in [0.25, 0.3) is 5.57 Å². The molecule has 2 rings (SSSR count). The summed E-state index contributed by atoms with van der Waals surface area (Å²) in [7, 11) is 0. The van der Waals surface area contributed by atoms with Crippen molar-refractivity contribution in [2.45, 2.75) is 12.8 Å². The van der Waals surface area contributed by atoms with Crippen LogP contribution in [-0.2, 0) is 0 Å². The van der Waals surface area contributed by atoms with Crippen molar-refractivity contribution >= 4 is 21.5 Å². The fourth-order valence-electron chi connectivity index (χ4n) is 1.68. The minimum absolute atomic E-state index is 0.137. The van der Waals surface area contributed by atoms with Gasteiger partial charge in [-0.2, -0.15) is 0 Å². The summed E-state index contributed by atoms with van der Waals surface area (Å²) in [6, 6.07) is 8.27. The van der Waals surface area contributed by atoms with Crippen molar-refractivity contribution in [2.75, 3.05) is 6.61 Å². The highest BCUT2D eigenvalue weighted by atomic mass is 79.9. The van der Waals surface area contributed by atoms with Gasteiger partial charge in [-0.3, -0.25) is 0 Å². The summed E-state index contributed by atoms with van der Waals surface area (Å²) in [5.74, 6) is 0.677. The zero-order valence-corrected chi connectivity index (χ0v) is 9.50. The zero-order chi connectivity index (χ0) is 9.97. The molecule has 0 radical (unpaired) electrons. The summed E-state index contributed by atoms with van der Waals surface area (Å²) >= 11 is 3.46. The van der Waals surface area contributed by atoms with Crippen LogP contribution in [0.4, 0.5) is 0 Å². The Morgan fingerprint density at radius 1 is 1.50 bits per heavy atom. The van der Waals surface area contributed by atoms with E-state index in [1.165, 1.54) is 24.0 Å². The van der Waals surface area contributed by atoms with Crippen LogP contribution in [0.1, 0.15) is 18.4 Å². The topological polar surface area (TPSA) is 20.2 Å². The predicted molar refractivity (Wildman–Crippen MR) is 61.9 cm³/mol. The molecule has 0 atom stereocenters. The van der Waals surface area contributed by atoms with Crippen molar-refractivity contribution in [3.63, 3.8) is 0 Å². The molecule has 14 heavy (non-hydrogen) atoms. The fraction of sp³-hybridized carbons (Fsp3) is 0.333. The monoisotopic (exact) mass is 252 g/mol. The van der Waals surface area contributed by atoms with Gasteiger partial charge in [0.15, 0.2) is 0 Å². The highest BCUT2D eigenvalue weighted by Crippen LogP contribution is 2.42. The molecule has 1 aromatic carbocycles. The first kappa shape index (κ1) is 9.94. The molecule has 1 saturated carbocycles. The van der Waals surface area contributed by atoms with Crippen LogP contribution >= 0.6 is 15.9 Å². The van der Waals surface area contributed by atoms with Crippen LogP contribution in [0, 0.1) is 5.92 Å². The molecule has 1 aliphatic rings. The Hall–Kier alpha value is -0.600. The fourth-order valence-corrected chi connectivity index (χ4v) is 2.08. The second-order valence-corrected chi connectivity index (χ2v) is 4.54. The van der Waals surface area contributed by atoms with E-state index in [1.807, 2.05) is 18.2 Å². The number of aliphatic hydroxyl groups is 1. The molecular weight excluding hydrogens is 240 g/mol. The molecular formula is C12H13BrO. The third-order valence-corrected chi connectivity index (χ3v) is 2.98. The van der Waals surface area contributed by atoms with Crippen LogP contribution in [0.3, 0.4) is 0 Å². The third kappa shape index (κ3) is 2.25. The summed E-state index contributed by atoms with van der Waals surface area (Å²) in [4.78, 5) is 0. The molecule has 1 N–H and O–H groups in total. The zero-order valence-electron chi connectivity index (χ0n) is 7.91. The number of halogens is 1. The van der Waals surface area contributed by atoms with Gasteiger partial charge in [-0.1, -0.05) is 34.1 Å². The van der Waals surface area contributed by atoms with Crippen molar-refractivity contribution < 1.29 is 5.11 Å². The van der Waals surface area contributed by atoms with E-state index in [0.29, 0.717) is 5.92 Å². The molecule has 0 unspecified atom stereocenters. The quantitative estimate of drug-likeness (QED) is 0.876. The molecule has 0 aliphatic heterocycles. The van der Waals surface area contributed by atoms with Crippen molar-refractivity contribution in [1.82, 2.24) is 0 Å². The van der Waals surface area contributed by atoms with Crippen molar-refractivity contribution in [1.29, 1.82) is 0 Å². The van der Waals surface area contributed by atoms with E-state index < -0.39 is 0 Å². The lowest BCUT2D eigenvalue weighted by Crippen LogP contribution is -1.89. The van der Waals surface area contributed by atoms with Crippen LogP contribution in [-0.4, -0.2) is 11.7 Å². The average Bonchev–Trinajstić information content (AvgIpc) is 2.97. The first-order valence-electron chi connectivity index (χ1n) is 4.88. The molecule has 1 aromatic rings. The van der Waals surface area contributed by atoms with Crippen LogP contribution < -0.4 is 0 Å². The summed E-state index contributed by atoms with van der Waals surface area (Å²) in [6.45, 7) is 0.137. The van der Waals surface area contributed by atoms with Crippen LogP contribution in [0.2, 0.25) is 0 Å². The lowest BCUT2D eigenvalue weighted by molar-refractivity contribution is 0.343. The molecule has 0 amide bonds. The maximum absolute atomic E-state index is 8.96. The Labute approximate surface area is 92.6 Å². The molecule has 1 fully saturated rings. The van der Waals surface area contributed by atoms with Crippen molar-refractivity contribution in [3.05, 3.63) is 40.4 Å². The number of benzene rings is 1. The molecule has 1 aliphatic carbocycles. The van der Waals surface area contributed by atoms with E-state index in [4.69, 9.17) is 5.11 Å². The lowest BCUT2D eigenvalue weighted by atomic mass is 10.0. The van der Waals surface area contributed by atoms with Crippen molar-refractivity contribution in [2.24, 2.45) is 5.92 Å². The van der Waals surface area contributed by atoms with E-state index in [2.05, 4.69) is 28.1 Å². The Morgan fingerprint density at radius 2 is 2.29 bits per heavy atom. The standard InChI is InChI=1S/C12H13BrO/c13-11-3-1-2-10(8-11)12(6-7-14)9-4-5-9/h1-3,6,8-9,14H,4-5,7H2/b12-6-. The van der Waals surface area contributed by atoms with Gasteiger partial charge in [0.2, 0.25) is 0 Å². The minimum atomic E-state index is 0.137. The molecule has 0 spiro atoms. The first-order chi connectivity index (χ1) is 6.81. The molecule has 74 valence electrons. The van der Waals surface area contributed by atoms with Gasteiger partial charge in [-0.15, -0.1) is 0 Å². The van der Waals surface area contributed by atoms with Gasteiger partial charge < -0.3 is 5.11 Å². The molecule has 2 heteroatoms. The van der Waals surface area contributed by atoms with E-state index >= 15 is 0 Å². The second kappa shape index (κ2) is 4.28. The average molecular weight is 253 g/mol. The van der Waals surface area contributed by atoms with Gasteiger partial charge in [0.05, 0.1) is 6.61 Å². The highest BCUT2D eigenvalue weighted by molar-refractivity contribution is 9.10. The van der Waals surface area contributed by atoms with Gasteiger partial charge in [0.1, 0.15) is 0 Å². The Balaban J connectivity index is 2.30. The Bertz CT molecular complexity index is 353. The lowest BCUT2D eigenvalue weighted by Gasteiger charge is -2.06. The van der Waals surface area contributed by atoms with E-state index in [-0.39, 0.29) is 6.61 Å². The molecule has 0 aromatic heterocycles. The summed E-state index contributed by atoms with van der Waals surface area (Å²) in [6.07, 6.45) is 4.45. The SMILES string of the molecule is OC/C=C(\c1cccc(Br)c1)C1CC1. The van der Waals surface area contributed by atoms with Gasteiger partial charge in [0, 0.05) is 4.47 Å². The van der Waals surface area contributed by atoms with Crippen LogP contribution in [0.15, 0.2) is 34.8 Å². The van der Waals surface area contributed by atoms with E-state index in [9.17, 15) is 0 Å². The van der Waals surface area contributed by atoms with E-state index in [0.717, 1.165) is 4.47 Å². The summed E-state index contributed by atoms with van der Waals surface area (Å²) in [5, 5.41) is 8.96. The Kier molecular flexibility index (Phi) is 3.04. The minimum Gasteiger partial charge on any atom is -0.392 e. The number of hydrogen-bond donors (Lipinski definition) is 1. The van der Waals surface area contributed by atoms with Gasteiger partial charge >= 0.3 is 0 Å². The Morgan fingerprint density at radius 3 is 2.86 bits per heavy atom.